The lowest BCUT2D eigenvalue weighted by molar-refractivity contribution is 0.116. The first-order chi connectivity index (χ1) is 8.77. The topological polar surface area (TPSA) is 52.6 Å². The highest BCUT2D eigenvalue weighted by atomic mass is 16.4. The highest BCUT2D eigenvalue weighted by Gasteiger charge is 2.24. The number of amides is 1. The molecule has 1 aromatic rings. The van der Waals surface area contributed by atoms with Crippen LogP contribution < -0.4 is 5.32 Å². The van der Waals surface area contributed by atoms with Crippen LogP contribution in [-0.2, 0) is 6.42 Å². The van der Waals surface area contributed by atoms with Crippen molar-refractivity contribution < 1.29 is 9.90 Å². The Morgan fingerprint density at radius 1 is 1.39 bits per heavy atom. The first kappa shape index (κ1) is 12.9. The number of carboxylic acid groups (broad SMARTS) is 1. The molecule has 0 bridgehead atoms. The Kier molecular flexibility index (Phi) is 4.59. The quantitative estimate of drug-likeness (QED) is 0.856. The summed E-state index contributed by atoms with van der Waals surface area (Å²) in [6.07, 6.45) is 2.00. The summed E-state index contributed by atoms with van der Waals surface area (Å²) in [5.41, 5.74) is 1.19. The second-order valence-electron chi connectivity index (χ2n) is 4.71. The Hall–Kier alpha value is -1.55. The Balaban J connectivity index is 1.92. The Bertz CT molecular complexity index is 375. The van der Waals surface area contributed by atoms with Gasteiger partial charge in [0.15, 0.2) is 0 Å². The fraction of sp³-hybridized carbons (Fsp3) is 0.500. The molecule has 0 aromatic heterocycles. The maximum atomic E-state index is 11.3. The monoisotopic (exact) mass is 248 g/mol. The number of piperidine rings is 1. The van der Waals surface area contributed by atoms with Crippen molar-refractivity contribution in [3.8, 4) is 0 Å². The van der Waals surface area contributed by atoms with E-state index in [1.54, 1.807) is 4.90 Å². The molecule has 0 aliphatic carbocycles. The number of carbonyl (C=O) groups is 1. The molecule has 0 spiro atoms. The summed E-state index contributed by atoms with van der Waals surface area (Å²) in [5.74, 6) is 0. The van der Waals surface area contributed by atoms with Crippen LogP contribution in [0.15, 0.2) is 30.3 Å². The summed E-state index contributed by atoms with van der Waals surface area (Å²) in [6.45, 7) is 2.36. The Morgan fingerprint density at radius 2 is 2.17 bits per heavy atom. The first-order valence-corrected chi connectivity index (χ1v) is 6.51. The molecule has 98 valence electrons. The van der Waals surface area contributed by atoms with E-state index in [-0.39, 0.29) is 6.04 Å². The van der Waals surface area contributed by atoms with E-state index >= 15 is 0 Å². The number of nitrogens with zero attached hydrogens (tertiary/aromatic N) is 1. The van der Waals surface area contributed by atoms with E-state index in [4.69, 9.17) is 0 Å². The lowest BCUT2D eigenvalue weighted by Gasteiger charge is -2.32. The summed E-state index contributed by atoms with van der Waals surface area (Å²) in [6, 6.07) is 10.2. The molecule has 1 heterocycles. The molecule has 2 rings (SSSR count). The van der Waals surface area contributed by atoms with Crippen molar-refractivity contribution >= 4 is 6.09 Å². The van der Waals surface area contributed by atoms with Gasteiger partial charge in [0.25, 0.3) is 0 Å². The average Bonchev–Trinajstić information content (AvgIpc) is 2.41. The van der Waals surface area contributed by atoms with Gasteiger partial charge in [0.05, 0.1) is 0 Å². The third kappa shape index (κ3) is 3.47. The van der Waals surface area contributed by atoms with E-state index in [0.29, 0.717) is 6.54 Å². The van der Waals surface area contributed by atoms with Gasteiger partial charge in [-0.1, -0.05) is 30.3 Å². The minimum absolute atomic E-state index is 0.125. The molecule has 4 heteroatoms. The van der Waals surface area contributed by atoms with Gasteiger partial charge in [-0.3, -0.25) is 0 Å². The van der Waals surface area contributed by atoms with Gasteiger partial charge in [-0.05, 0) is 31.4 Å². The molecule has 1 aliphatic heterocycles. The van der Waals surface area contributed by atoms with E-state index in [0.717, 1.165) is 32.4 Å². The van der Waals surface area contributed by atoms with Crippen molar-refractivity contribution in [2.24, 2.45) is 0 Å². The highest BCUT2D eigenvalue weighted by molar-refractivity contribution is 5.65. The second kappa shape index (κ2) is 6.40. The molecular formula is C14H20N2O2. The molecule has 18 heavy (non-hydrogen) atoms. The molecule has 1 saturated heterocycles. The second-order valence-corrected chi connectivity index (χ2v) is 4.71. The van der Waals surface area contributed by atoms with Crippen molar-refractivity contribution in [1.29, 1.82) is 0 Å². The van der Waals surface area contributed by atoms with E-state index in [2.05, 4.69) is 5.32 Å². The summed E-state index contributed by atoms with van der Waals surface area (Å²) >= 11 is 0. The van der Waals surface area contributed by atoms with Gasteiger partial charge in [-0.2, -0.15) is 0 Å². The fourth-order valence-corrected chi connectivity index (χ4v) is 2.43. The van der Waals surface area contributed by atoms with Crippen LogP contribution in [0, 0.1) is 0 Å². The van der Waals surface area contributed by atoms with Crippen LogP contribution in [-0.4, -0.2) is 41.8 Å². The van der Waals surface area contributed by atoms with Crippen molar-refractivity contribution in [3.05, 3.63) is 35.9 Å². The smallest absolute Gasteiger partial charge is 0.407 e. The van der Waals surface area contributed by atoms with Crippen LogP contribution >= 0.6 is 0 Å². The van der Waals surface area contributed by atoms with Gasteiger partial charge in [0.1, 0.15) is 0 Å². The summed E-state index contributed by atoms with van der Waals surface area (Å²) in [4.78, 5) is 12.9. The van der Waals surface area contributed by atoms with Gasteiger partial charge in [0.2, 0.25) is 0 Å². The predicted octanol–water partition coefficient (Wildman–Crippen LogP) is 1.96. The van der Waals surface area contributed by atoms with Crippen molar-refractivity contribution in [2.75, 3.05) is 19.6 Å². The third-order valence-corrected chi connectivity index (χ3v) is 3.44. The zero-order valence-electron chi connectivity index (χ0n) is 10.5. The van der Waals surface area contributed by atoms with Gasteiger partial charge < -0.3 is 15.3 Å². The van der Waals surface area contributed by atoms with Crippen molar-refractivity contribution in [3.63, 3.8) is 0 Å². The molecule has 0 saturated carbocycles. The van der Waals surface area contributed by atoms with Crippen molar-refractivity contribution in [2.45, 2.75) is 25.3 Å². The average molecular weight is 248 g/mol. The minimum atomic E-state index is -0.806. The molecule has 1 aromatic carbocycles. The van der Waals surface area contributed by atoms with E-state index in [1.165, 1.54) is 5.56 Å². The molecule has 1 aliphatic rings. The Morgan fingerprint density at radius 3 is 2.78 bits per heavy atom. The maximum Gasteiger partial charge on any atom is 0.407 e. The predicted molar refractivity (Wildman–Crippen MR) is 70.8 cm³/mol. The zero-order chi connectivity index (χ0) is 12.8. The molecule has 1 amide bonds. The van der Waals surface area contributed by atoms with Gasteiger partial charge in [0, 0.05) is 19.1 Å². The molecule has 1 atom stereocenters. The Labute approximate surface area is 108 Å². The number of nitrogens with one attached hydrogen (secondary N) is 1. The molecule has 4 nitrogen and oxygen atoms in total. The lowest BCUT2D eigenvalue weighted by Crippen LogP contribution is -2.49. The molecule has 2 N–H and O–H groups in total. The molecule has 0 radical (unpaired) electrons. The molecule has 1 fully saturated rings. The van der Waals surface area contributed by atoms with Crippen LogP contribution in [0.4, 0.5) is 4.79 Å². The number of benzene rings is 1. The van der Waals surface area contributed by atoms with Crippen LogP contribution in [0.2, 0.25) is 0 Å². The van der Waals surface area contributed by atoms with Gasteiger partial charge in [-0.15, -0.1) is 0 Å². The van der Waals surface area contributed by atoms with E-state index < -0.39 is 6.09 Å². The summed E-state index contributed by atoms with van der Waals surface area (Å²) in [7, 11) is 0. The lowest BCUT2D eigenvalue weighted by atomic mass is 10.1. The third-order valence-electron chi connectivity index (χ3n) is 3.44. The van der Waals surface area contributed by atoms with Gasteiger partial charge in [-0.25, -0.2) is 4.79 Å². The van der Waals surface area contributed by atoms with Crippen LogP contribution in [0.1, 0.15) is 18.4 Å². The largest absolute Gasteiger partial charge is 0.465 e. The van der Waals surface area contributed by atoms with Crippen LogP contribution in [0.3, 0.4) is 0 Å². The molecule has 1 unspecified atom stereocenters. The SMILES string of the molecule is O=C(O)N(CCc1ccccc1)C1CCCNC1. The summed E-state index contributed by atoms with van der Waals surface area (Å²) in [5, 5.41) is 12.6. The number of hydrogen-bond acceptors (Lipinski definition) is 2. The normalized spacial score (nSPS) is 19.4. The minimum Gasteiger partial charge on any atom is -0.465 e. The maximum absolute atomic E-state index is 11.3. The highest BCUT2D eigenvalue weighted by Crippen LogP contribution is 2.12. The van der Waals surface area contributed by atoms with Gasteiger partial charge >= 0.3 is 6.09 Å². The first-order valence-electron chi connectivity index (χ1n) is 6.51. The van der Waals surface area contributed by atoms with Crippen LogP contribution in [0.25, 0.3) is 0 Å². The van der Waals surface area contributed by atoms with Crippen molar-refractivity contribution in [1.82, 2.24) is 10.2 Å². The fourth-order valence-electron chi connectivity index (χ4n) is 2.43. The van der Waals surface area contributed by atoms with E-state index in [9.17, 15) is 9.90 Å². The van der Waals surface area contributed by atoms with E-state index in [1.807, 2.05) is 30.3 Å². The standard InChI is InChI=1S/C14H20N2O2/c17-14(18)16(13-7-4-9-15-11-13)10-8-12-5-2-1-3-6-12/h1-3,5-6,13,15H,4,7-11H2,(H,17,18). The number of rotatable bonds is 4. The van der Waals surface area contributed by atoms with Crippen LogP contribution in [0.5, 0.6) is 0 Å². The number of hydrogen-bond donors (Lipinski definition) is 2. The summed E-state index contributed by atoms with van der Waals surface area (Å²) < 4.78 is 0. The zero-order valence-corrected chi connectivity index (χ0v) is 10.5. The molecular weight excluding hydrogens is 228 g/mol.